The van der Waals surface area contributed by atoms with E-state index in [1.165, 1.54) is 0 Å². The lowest BCUT2D eigenvalue weighted by Gasteiger charge is -2.09. The minimum atomic E-state index is -0.0197. The minimum absolute atomic E-state index is 0.0197. The van der Waals surface area contributed by atoms with E-state index < -0.39 is 0 Å². The monoisotopic (exact) mass is 312 g/mol. The molecule has 0 saturated heterocycles. The van der Waals surface area contributed by atoms with E-state index in [1.807, 2.05) is 84.9 Å². The number of fused-ring (bicyclic) bond motifs is 2. The zero-order valence-electron chi connectivity index (χ0n) is 13.1. The van der Waals surface area contributed by atoms with Gasteiger partial charge in [0.15, 0.2) is 12.4 Å². The van der Waals surface area contributed by atoms with Crippen LogP contribution in [0.1, 0.15) is 10.4 Å². The van der Waals surface area contributed by atoms with Crippen LogP contribution in [0.5, 0.6) is 5.75 Å². The highest BCUT2D eigenvalue weighted by Crippen LogP contribution is 2.25. The normalized spacial score (nSPS) is 10.8. The maximum atomic E-state index is 12.5. The van der Waals surface area contributed by atoms with Crippen molar-refractivity contribution in [3.8, 4) is 5.75 Å². The van der Waals surface area contributed by atoms with E-state index in [0.717, 1.165) is 27.3 Å². The Hall–Kier alpha value is -3.13. The van der Waals surface area contributed by atoms with Crippen molar-refractivity contribution in [3.63, 3.8) is 0 Å². The van der Waals surface area contributed by atoms with Crippen LogP contribution in [0.2, 0.25) is 0 Å². The van der Waals surface area contributed by atoms with Crippen molar-refractivity contribution in [2.75, 3.05) is 6.61 Å². The van der Waals surface area contributed by atoms with Crippen LogP contribution < -0.4 is 4.74 Å². The van der Waals surface area contributed by atoms with E-state index in [9.17, 15) is 4.79 Å². The Kier molecular flexibility index (Phi) is 3.72. The van der Waals surface area contributed by atoms with Gasteiger partial charge in [-0.25, -0.2) is 0 Å². The third-order valence-corrected chi connectivity index (χ3v) is 4.18. The van der Waals surface area contributed by atoms with Crippen LogP contribution in [0.25, 0.3) is 21.5 Å². The Morgan fingerprint density at radius 1 is 0.708 bits per heavy atom. The molecule has 4 rings (SSSR count). The summed E-state index contributed by atoms with van der Waals surface area (Å²) >= 11 is 0. The number of ether oxygens (including phenoxy) is 1. The third kappa shape index (κ3) is 2.74. The van der Waals surface area contributed by atoms with Crippen molar-refractivity contribution < 1.29 is 9.53 Å². The molecule has 0 amide bonds. The molecule has 0 aliphatic heterocycles. The molecule has 4 aromatic carbocycles. The number of hydrogen-bond acceptors (Lipinski definition) is 2. The number of rotatable bonds is 4. The van der Waals surface area contributed by atoms with Crippen LogP contribution >= 0.6 is 0 Å². The van der Waals surface area contributed by atoms with E-state index in [0.29, 0.717) is 5.56 Å². The van der Waals surface area contributed by atoms with Crippen molar-refractivity contribution in [3.05, 3.63) is 90.5 Å². The molecule has 0 bridgehead atoms. The molecule has 0 atom stereocenters. The quantitative estimate of drug-likeness (QED) is 0.481. The summed E-state index contributed by atoms with van der Waals surface area (Å²) in [6.07, 6.45) is 0. The van der Waals surface area contributed by atoms with Gasteiger partial charge in [-0.15, -0.1) is 0 Å². The predicted molar refractivity (Wildman–Crippen MR) is 97.7 cm³/mol. The van der Waals surface area contributed by atoms with Gasteiger partial charge in [0.25, 0.3) is 0 Å². The van der Waals surface area contributed by atoms with E-state index in [-0.39, 0.29) is 12.4 Å². The van der Waals surface area contributed by atoms with Crippen LogP contribution in [0, 0.1) is 0 Å². The van der Waals surface area contributed by atoms with Crippen LogP contribution in [-0.4, -0.2) is 12.4 Å². The molecule has 0 radical (unpaired) electrons. The number of ketones is 1. The highest BCUT2D eigenvalue weighted by atomic mass is 16.5. The Balaban J connectivity index is 1.57. The molecule has 0 N–H and O–H groups in total. The summed E-state index contributed by atoms with van der Waals surface area (Å²) in [5.41, 5.74) is 0.675. The molecule has 0 saturated carbocycles. The fraction of sp³-hybridized carbons (Fsp3) is 0.0455. The summed E-state index contributed by atoms with van der Waals surface area (Å²) in [6.45, 7) is 0.0341. The lowest BCUT2D eigenvalue weighted by atomic mass is 10.0. The summed E-state index contributed by atoms with van der Waals surface area (Å²) in [6, 6.07) is 27.7. The lowest BCUT2D eigenvalue weighted by Crippen LogP contribution is -2.11. The largest absolute Gasteiger partial charge is 0.485 e. The summed E-state index contributed by atoms with van der Waals surface area (Å²) in [7, 11) is 0. The predicted octanol–water partition coefficient (Wildman–Crippen LogP) is 5.25. The average Bonchev–Trinajstić information content (AvgIpc) is 2.65. The van der Waals surface area contributed by atoms with E-state index >= 15 is 0 Å². The molecular weight excluding hydrogens is 296 g/mol. The Bertz CT molecular complexity index is 1030. The molecule has 0 aromatic heterocycles. The Morgan fingerprint density at radius 3 is 2.29 bits per heavy atom. The summed E-state index contributed by atoms with van der Waals surface area (Å²) in [4.78, 5) is 12.5. The van der Waals surface area contributed by atoms with Crippen LogP contribution in [0.15, 0.2) is 84.9 Å². The van der Waals surface area contributed by atoms with E-state index in [2.05, 4.69) is 0 Å². The highest BCUT2D eigenvalue weighted by Gasteiger charge is 2.09. The van der Waals surface area contributed by atoms with Crippen molar-refractivity contribution in [1.29, 1.82) is 0 Å². The van der Waals surface area contributed by atoms with Crippen molar-refractivity contribution in [2.24, 2.45) is 0 Å². The van der Waals surface area contributed by atoms with Gasteiger partial charge in [0, 0.05) is 10.9 Å². The van der Waals surface area contributed by atoms with Crippen molar-refractivity contribution >= 4 is 27.3 Å². The molecule has 0 heterocycles. The molecule has 0 spiro atoms. The van der Waals surface area contributed by atoms with Gasteiger partial charge in [0.05, 0.1) is 0 Å². The molecule has 0 unspecified atom stereocenters. The molecule has 116 valence electrons. The fourth-order valence-electron chi connectivity index (χ4n) is 2.91. The van der Waals surface area contributed by atoms with Gasteiger partial charge in [0.2, 0.25) is 0 Å². The van der Waals surface area contributed by atoms with Gasteiger partial charge < -0.3 is 4.74 Å². The minimum Gasteiger partial charge on any atom is -0.485 e. The Labute approximate surface area is 140 Å². The summed E-state index contributed by atoms with van der Waals surface area (Å²) in [5.74, 6) is 0.718. The molecule has 4 aromatic rings. The molecule has 0 aliphatic carbocycles. The number of carbonyl (C=O) groups excluding carboxylic acids is 1. The van der Waals surface area contributed by atoms with E-state index in [1.54, 1.807) is 0 Å². The van der Waals surface area contributed by atoms with Gasteiger partial charge >= 0.3 is 0 Å². The first-order chi connectivity index (χ1) is 11.8. The average molecular weight is 312 g/mol. The van der Waals surface area contributed by atoms with Crippen LogP contribution in [0.3, 0.4) is 0 Å². The smallest absolute Gasteiger partial charge is 0.200 e. The number of hydrogen-bond donors (Lipinski definition) is 0. The first kappa shape index (κ1) is 14.5. The van der Waals surface area contributed by atoms with Gasteiger partial charge in [-0.2, -0.15) is 0 Å². The number of benzene rings is 4. The molecule has 0 fully saturated rings. The third-order valence-electron chi connectivity index (χ3n) is 4.18. The summed E-state index contributed by atoms with van der Waals surface area (Å²) in [5, 5.41) is 4.32. The maximum absolute atomic E-state index is 12.5. The number of Topliss-reactive ketones (excluding diaryl/α,β-unsaturated/α-hetero) is 1. The van der Waals surface area contributed by atoms with Gasteiger partial charge in [-0.3, -0.25) is 4.79 Å². The molecule has 2 heteroatoms. The molecule has 0 aliphatic rings. The highest BCUT2D eigenvalue weighted by molar-refractivity contribution is 6.01. The van der Waals surface area contributed by atoms with Crippen LogP contribution in [0.4, 0.5) is 0 Å². The first-order valence-corrected chi connectivity index (χ1v) is 7.94. The second-order valence-electron chi connectivity index (χ2n) is 5.75. The van der Waals surface area contributed by atoms with Crippen molar-refractivity contribution in [1.82, 2.24) is 0 Å². The van der Waals surface area contributed by atoms with Gasteiger partial charge in [0.1, 0.15) is 5.75 Å². The van der Waals surface area contributed by atoms with Crippen LogP contribution in [-0.2, 0) is 0 Å². The fourth-order valence-corrected chi connectivity index (χ4v) is 2.91. The lowest BCUT2D eigenvalue weighted by molar-refractivity contribution is 0.0923. The zero-order valence-corrected chi connectivity index (χ0v) is 13.1. The maximum Gasteiger partial charge on any atom is 0.200 e. The van der Waals surface area contributed by atoms with Gasteiger partial charge in [-0.05, 0) is 28.3 Å². The topological polar surface area (TPSA) is 26.3 Å². The standard InChI is InChI=1S/C22H16O2/c23-21(19-13-12-16-6-1-2-8-18(16)14-19)15-24-22-11-5-9-17-7-3-4-10-20(17)22/h1-14H,15H2. The molecule has 24 heavy (non-hydrogen) atoms. The van der Waals surface area contributed by atoms with E-state index in [4.69, 9.17) is 4.74 Å². The number of carbonyl (C=O) groups is 1. The first-order valence-electron chi connectivity index (χ1n) is 7.94. The SMILES string of the molecule is O=C(COc1cccc2ccccc12)c1ccc2ccccc2c1. The molecule has 2 nitrogen and oxygen atoms in total. The second-order valence-corrected chi connectivity index (χ2v) is 5.75. The second kappa shape index (κ2) is 6.17. The summed E-state index contributed by atoms with van der Waals surface area (Å²) < 4.78 is 5.80. The Morgan fingerprint density at radius 2 is 1.42 bits per heavy atom. The zero-order chi connectivity index (χ0) is 16.4. The molecular formula is C22H16O2. The van der Waals surface area contributed by atoms with Crippen molar-refractivity contribution in [2.45, 2.75) is 0 Å². The van der Waals surface area contributed by atoms with Gasteiger partial charge in [-0.1, -0.05) is 72.8 Å².